The highest BCUT2D eigenvalue weighted by Crippen LogP contribution is 2.28. The molecular formula is C34H33N3O4S. The Morgan fingerprint density at radius 2 is 1.57 bits per heavy atom. The van der Waals surface area contributed by atoms with Crippen LogP contribution in [0.4, 0.5) is 11.4 Å². The molecule has 0 saturated heterocycles. The van der Waals surface area contributed by atoms with Crippen LogP contribution in [0, 0.1) is 6.92 Å². The van der Waals surface area contributed by atoms with Gasteiger partial charge in [0.15, 0.2) is 0 Å². The van der Waals surface area contributed by atoms with E-state index < -0.39 is 11.8 Å². The van der Waals surface area contributed by atoms with Crippen molar-refractivity contribution >= 4 is 46.9 Å². The normalized spacial score (nSPS) is 11.7. The summed E-state index contributed by atoms with van der Waals surface area (Å²) in [7, 11) is 0. The number of carbonyl (C=O) groups excluding carboxylic acids is 3. The minimum atomic E-state index is -0.502. The third-order valence-corrected chi connectivity index (χ3v) is 7.32. The Bertz CT molecular complexity index is 1590. The van der Waals surface area contributed by atoms with E-state index in [-0.39, 0.29) is 16.9 Å². The third-order valence-electron chi connectivity index (χ3n) is 6.22. The first-order valence-corrected chi connectivity index (χ1v) is 14.5. The first-order chi connectivity index (χ1) is 20.3. The zero-order valence-corrected chi connectivity index (χ0v) is 24.5. The number of ether oxygens (including phenoxy) is 1. The molecule has 0 aliphatic rings. The number of carbonyl (C=O) groups is 3. The smallest absolute Gasteiger partial charge is 0.272 e. The second kappa shape index (κ2) is 14.7. The van der Waals surface area contributed by atoms with Crippen LogP contribution in [0.3, 0.4) is 0 Å². The molecule has 0 bridgehead atoms. The SMILES string of the molecule is CCOc1ccccc1/C=C(/NC(=O)c1ccccc1)C(=O)Nc1cccc(SC(C)C(=O)Nc2ccccc2C)c1. The minimum absolute atomic E-state index is 0.0556. The largest absolute Gasteiger partial charge is 0.493 e. The van der Waals surface area contributed by atoms with Crippen molar-refractivity contribution in [2.24, 2.45) is 0 Å². The van der Waals surface area contributed by atoms with Crippen molar-refractivity contribution in [1.82, 2.24) is 5.32 Å². The lowest BCUT2D eigenvalue weighted by molar-refractivity contribution is -0.115. The van der Waals surface area contributed by atoms with Crippen molar-refractivity contribution in [2.45, 2.75) is 30.9 Å². The summed E-state index contributed by atoms with van der Waals surface area (Å²) in [6, 6.07) is 30.8. The lowest BCUT2D eigenvalue weighted by atomic mass is 10.1. The van der Waals surface area contributed by atoms with Gasteiger partial charge in [-0.1, -0.05) is 60.7 Å². The number of thioether (sulfide) groups is 1. The Morgan fingerprint density at radius 3 is 2.33 bits per heavy atom. The Morgan fingerprint density at radius 1 is 0.857 bits per heavy atom. The lowest BCUT2D eigenvalue weighted by Gasteiger charge is -2.15. The first kappa shape index (κ1) is 30.1. The summed E-state index contributed by atoms with van der Waals surface area (Å²) in [5.41, 5.74) is 3.41. The molecule has 3 N–H and O–H groups in total. The van der Waals surface area contributed by atoms with Crippen LogP contribution in [0.15, 0.2) is 114 Å². The molecule has 0 saturated carbocycles. The Kier molecular flexibility index (Phi) is 10.6. The van der Waals surface area contributed by atoms with Gasteiger partial charge in [0.25, 0.3) is 11.8 Å². The summed E-state index contributed by atoms with van der Waals surface area (Å²) in [6.07, 6.45) is 1.59. The van der Waals surface area contributed by atoms with E-state index in [1.165, 1.54) is 11.8 Å². The van der Waals surface area contributed by atoms with E-state index in [0.29, 0.717) is 29.2 Å². The topological polar surface area (TPSA) is 96.5 Å². The van der Waals surface area contributed by atoms with Crippen LogP contribution in [0.5, 0.6) is 5.75 Å². The maximum atomic E-state index is 13.5. The average molecular weight is 580 g/mol. The summed E-state index contributed by atoms with van der Waals surface area (Å²) in [5, 5.41) is 8.23. The van der Waals surface area contributed by atoms with Gasteiger partial charge in [0, 0.05) is 27.4 Å². The van der Waals surface area contributed by atoms with Gasteiger partial charge >= 0.3 is 0 Å². The number of amides is 3. The van der Waals surface area contributed by atoms with E-state index in [0.717, 1.165) is 16.1 Å². The van der Waals surface area contributed by atoms with Gasteiger partial charge < -0.3 is 20.7 Å². The van der Waals surface area contributed by atoms with Crippen molar-refractivity contribution in [2.75, 3.05) is 17.2 Å². The molecule has 3 amide bonds. The molecule has 1 unspecified atom stereocenters. The van der Waals surface area contributed by atoms with Crippen LogP contribution in [0.25, 0.3) is 6.08 Å². The van der Waals surface area contributed by atoms with Crippen LogP contribution < -0.4 is 20.7 Å². The molecule has 4 rings (SSSR count). The third kappa shape index (κ3) is 8.34. The molecule has 42 heavy (non-hydrogen) atoms. The average Bonchev–Trinajstić information content (AvgIpc) is 2.99. The molecule has 0 aliphatic carbocycles. The molecule has 0 heterocycles. The molecule has 7 nitrogen and oxygen atoms in total. The molecule has 0 spiro atoms. The van der Waals surface area contributed by atoms with Gasteiger partial charge in [-0.25, -0.2) is 0 Å². The molecule has 0 aliphatic heterocycles. The maximum absolute atomic E-state index is 13.5. The van der Waals surface area contributed by atoms with Gasteiger partial charge in [-0.15, -0.1) is 11.8 Å². The van der Waals surface area contributed by atoms with Crippen molar-refractivity contribution in [3.63, 3.8) is 0 Å². The van der Waals surface area contributed by atoms with Gasteiger partial charge in [-0.2, -0.15) is 0 Å². The van der Waals surface area contributed by atoms with E-state index >= 15 is 0 Å². The zero-order chi connectivity index (χ0) is 29.9. The number of hydrogen-bond acceptors (Lipinski definition) is 5. The van der Waals surface area contributed by atoms with Gasteiger partial charge in [0.2, 0.25) is 5.91 Å². The molecule has 0 fully saturated rings. The fourth-order valence-corrected chi connectivity index (χ4v) is 4.96. The monoisotopic (exact) mass is 579 g/mol. The number of benzene rings is 4. The van der Waals surface area contributed by atoms with Crippen LogP contribution in [0.1, 0.15) is 35.3 Å². The fourth-order valence-electron chi connectivity index (χ4n) is 4.04. The highest BCUT2D eigenvalue weighted by molar-refractivity contribution is 8.00. The fraction of sp³-hybridized carbons (Fsp3) is 0.147. The highest BCUT2D eigenvalue weighted by Gasteiger charge is 2.18. The van der Waals surface area contributed by atoms with E-state index in [1.807, 2.05) is 75.4 Å². The highest BCUT2D eigenvalue weighted by atomic mass is 32.2. The van der Waals surface area contributed by atoms with E-state index in [9.17, 15) is 14.4 Å². The quantitative estimate of drug-likeness (QED) is 0.132. The summed E-state index contributed by atoms with van der Waals surface area (Å²) in [4.78, 5) is 40.2. The van der Waals surface area contributed by atoms with Crippen molar-refractivity contribution in [3.8, 4) is 5.75 Å². The van der Waals surface area contributed by atoms with Crippen LogP contribution in [0.2, 0.25) is 0 Å². The summed E-state index contributed by atoms with van der Waals surface area (Å²) >= 11 is 1.38. The predicted molar refractivity (Wildman–Crippen MR) is 170 cm³/mol. The van der Waals surface area contributed by atoms with Crippen molar-refractivity contribution in [3.05, 3.63) is 126 Å². The molecule has 0 radical (unpaired) electrons. The summed E-state index contributed by atoms with van der Waals surface area (Å²) in [6.45, 7) is 6.11. The Hall–Kier alpha value is -4.82. The standard InChI is InChI=1S/C34H33N3O4S/c1-4-41-31-20-11-9-16-26(31)21-30(37-33(39)25-14-6-5-7-15-25)34(40)35-27-17-12-18-28(22-27)42-24(3)32(38)36-29-19-10-8-13-23(29)2/h5-22,24H,4H2,1-3H3,(H,35,40)(H,36,38)(H,37,39)/b30-21+. The number of hydrogen-bond donors (Lipinski definition) is 3. The molecule has 0 aromatic heterocycles. The van der Waals surface area contributed by atoms with Crippen molar-refractivity contribution in [1.29, 1.82) is 0 Å². The summed E-state index contributed by atoms with van der Waals surface area (Å²) in [5.74, 6) is -0.442. The molecular weight excluding hydrogens is 546 g/mol. The number of nitrogens with one attached hydrogen (secondary N) is 3. The number of rotatable bonds is 11. The van der Waals surface area contributed by atoms with E-state index in [2.05, 4.69) is 16.0 Å². The molecule has 214 valence electrons. The summed E-state index contributed by atoms with van der Waals surface area (Å²) < 4.78 is 5.72. The van der Waals surface area contributed by atoms with Crippen molar-refractivity contribution < 1.29 is 19.1 Å². The maximum Gasteiger partial charge on any atom is 0.272 e. The first-order valence-electron chi connectivity index (χ1n) is 13.6. The zero-order valence-electron chi connectivity index (χ0n) is 23.7. The van der Waals surface area contributed by atoms with Gasteiger partial charge in [-0.05, 0) is 74.9 Å². The minimum Gasteiger partial charge on any atom is -0.493 e. The van der Waals surface area contributed by atoms with Gasteiger partial charge in [0.05, 0.1) is 11.9 Å². The van der Waals surface area contributed by atoms with Gasteiger partial charge in [-0.3, -0.25) is 14.4 Å². The molecule has 1 atom stereocenters. The Balaban J connectivity index is 1.52. The second-order valence-corrected chi connectivity index (χ2v) is 10.8. The predicted octanol–water partition coefficient (Wildman–Crippen LogP) is 6.92. The second-order valence-electron chi connectivity index (χ2n) is 9.40. The number of para-hydroxylation sites is 2. The molecule has 4 aromatic carbocycles. The van der Waals surface area contributed by atoms with E-state index in [1.54, 1.807) is 54.6 Å². The molecule has 8 heteroatoms. The van der Waals surface area contributed by atoms with E-state index in [4.69, 9.17) is 4.74 Å². The van der Waals surface area contributed by atoms with Crippen LogP contribution >= 0.6 is 11.8 Å². The van der Waals surface area contributed by atoms with Crippen LogP contribution in [-0.4, -0.2) is 29.6 Å². The van der Waals surface area contributed by atoms with Gasteiger partial charge in [0.1, 0.15) is 11.4 Å². The number of aryl methyl sites for hydroxylation is 1. The number of anilines is 2. The Labute approximate surface area is 250 Å². The van der Waals surface area contributed by atoms with Crippen LogP contribution in [-0.2, 0) is 9.59 Å². The molecule has 4 aromatic rings. The lowest BCUT2D eigenvalue weighted by Crippen LogP contribution is -2.30.